The van der Waals surface area contributed by atoms with Crippen molar-refractivity contribution in [2.75, 3.05) is 38.2 Å². The number of amides is 1. The third-order valence-corrected chi connectivity index (χ3v) is 3.85. The molecular weight excluding hydrogens is 268 g/mol. The maximum Gasteiger partial charge on any atom is 0.315 e. The van der Waals surface area contributed by atoms with Crippen molar-refractivity contribution in [1.29, 1.82) is 0 Å². The Morgan fingerprint density at radius 2 is 1.81 bits per heavy atom. The van der Waals surface area contributed by atoms with E-state index in [1.807, 2.05) is 0 Å². The molecule has 1 aromatic carbocycles. The summed E-state index contributed by atoms with van der Waals surface area (Å²) in [6.07, 6.45) is -0.167. The number of benzene rings is 1. The van der Waals surface area contributed by atoms with Gasteiger partial charge < -0.3 is 14.5 Å². The van der Waals surface area contributed by atoms with Gasteiger partial charge in [-0.2, -0.15) is 0 Å². The Hall–Kier alpha value is -2.04. The zero-order valence-corrected chi connectivity index (χ0v) is 12.9. The van der Waals surface area contributed by atoms with E-state index in [9.17, 15) is 9.59 Å². The molecule has 1 aliphatic heterocycles. The molecule has 114 valence electrons. The van der Waals surface area contributed by atoms with Gasteiger partial charge in [0.2, 0.25) is 5.91 Å². The molecule has 1 saturated heterocycles. The van der Waals surface area contributed by atoms with E-state index in [0.717, 1.165) is 13.1 Å². The van der Waals surface area contributed by atoms with Gasteiger partial charge >= 0.3 is 5.97 Å². The predicted octanol–water partition coefficient (Wildman–Crippen LogP) is 1.52. The largest absolute Gasteiger partial charge is 0.469 e. The van der Waals surface area contributed by atoms with Crippen LogP contribution in [0.2, 0.25) is 0 Å². The smallest absolute Gasteiger partial charge is 0.315 e. The van der Waals surface area contributed by atoms with Gasteiger partial charge in [-0.25, -0.2) is 0 Å². The molecule has 0 bridgehead atoms. The number of hydrogen-bond donors (Lipinski definition) is 0. The van der Waals surface area contributed by atoms with Crippen LogP contribution >= 0.6 is 0 Å². The van der Waals surface area contributed by atoms with Gasteiger partial charge in [-0.1, -0.05) is 17.7 Å². The molecular formula is C16H22N2O3. The number of carbonyl (C=O) groups is 2. The summed E-state index contributed by atoms with van der Waals surface area (Å²) >= 11 is 0. The third-order valence-electron chi connectivity index (χ3n) is 3.85. The molecule has 0 unspecified atom stereocenters. The van der Waals surface area contributed by atoms with Gasteiger partial charge in [-0.15, -0.1) is 0 Å². The molecule has 0 aliphatic carbocycles. The van der Waals surface area contributed by atoms with Crippen molar-refractivity contribution in [3.05, 3.63) is 29.3 Å². The highest BCUT2D eigenvalue weighted by Crippen LogP contribution is 2.22. The van der Waals surface area contributed by atoms with Crippen molar-refractivity contribution >= 4 is 17.6 Å². The predicted molar refractivity (Wildman–Crippen MR) is 81.3 cm³/mol. The van der Waals surface area contributed by atoms with Crippen molar-refractivity contribution in [2.24, 2.45) is 0 Å². The van der Waals surface area contributed by atoms with Crippen LogP contribution in [-0.2, 0) is 14.3 Å². The van der Waals surface area contributed by atoms with Crippen molar-refractivity contribution in [3.63, 3.8) is 0 Å². The van der Waals surface area contributed by atoms with E-state index in [2.05, 4.69) is 41.7 Å². The molecule has 0 spiro atoms. The Bertz CT molecular complexity index is 534. The molecule has 21 heavy (non-hydrogen) atoms. The molecule has 1 fully saturated rings. The second-order valence-electron chi connectivity index (χ2n) is 5.41. The highest BCUT2D eigenvalue weighted by Gasteiger charge is 2.23. The molecule has 0 radical (unpaired) electrons. The first-order valence-electron chi connectivity index (χ1n) is 7.18. The summed E-state index contributed by atoms with van der Waals surface area (Å²) in [6.45, 7) is 7.05. The topological polar surface area (TPSA) is 49.9 Å². The maximum atomic E-state index is 11.9. The third kappa shape index (κ3) is 3.74. The molecule has 5 nitrogen and oxygen atoms in total. The molecule has 0 atom stereocenters. The number of aryl methyl sites for hydroxylation is 2. The van der Waals surface area contributed by atoms with Crippen LogP contribution in [0.5, 0.6) is 0 Å². The van der Waals surface area contributed by atoms with Gasteiger partial charge in [0.1, 0.15) is 6.42 Å². The number of ether oxygens (including phenoxy) is 1. The Morgan fingerprint density at radius 3 is 2.38 bits per heavy atom. The average molecular weight is 290 g/mol. The lowest BCUT2D eigenvalue weighted by Crippen LogP contribution is -2.49. The van der Waals surface area contributed by atoms with E-state index in [-0.39, 0.29) is 12.3 Å². The van der Waals surface area contributed by atoms with Crippen LogP contribution in [0.1, 0.15) is 17.5 Å². The van der Waals surface area contributed by atoms with E-state index < -0.39 is 5.97 Å². The second-order valence-corrected chi connectivity index (χ2v) is 5.41. The van der Waals surface area contributed by atoms with Crippen LogP contribution in [0.4, 0.5) is 5.69 Å². The van der Waals surface area contributed by atoms with Gasteiger partial charge in [-0.3, -0.25) is 9.59 Å². The fraction of sp³-hybridized carbons (Fsp3) is 0.500. The minimum Gasteiger partial charge on any atom is -0.469 e. The van der Waals surface area contributed by atoms with Crippen molar-refractivity contribution in [1.82, 2.24) is 4.90 Å². The monoisotopic (exact) mass is 290 g/mol. The summed E-state index contributed by atoms with van der Waals surface area (Å²) in [7, 11) is 1.30. The van der Waals surface area contributed by atoms with Crippen LogP contribution < -0.4 is 4.90 Å². The van der Waals surface area contributed by atoms with E-state index in [0.29, 0.717) is 13.1 Å². The van der Waals surface area contributed by atoms with E-state index >= 15 is 0 Å². The number of rotatable bonds is 3. The molecule has 2 rings (SSSR count). The summed E-state index contributed by atoms with van der Waals surface area (Å²) in [6, 6.07) is 6.41. The highest BCUT2D eigenvalue weighted by molar-refractivity contribution is 5.94. The lowest BCUT2D eigenvalue weighted by atomic mass is 10.1. The quantitative estimate of drug-likeness (QED) is 0.625. The van der Waals surface area contributed by atoms with E-state index in [1.54, 1.807) is 4.90 Å². The molecule has 1 heterocycles. The lowest BCUT2D eigenvalue weighted by Gasteiger charge is -2.36. The Labute approximate surface area is 125 Å². The zero-order chi connectivity index (χ0) is 15.4. The number of nitrogens with zero attached hydrogens (tertiary/aromatic N) is 2. The van der Waals surface area contributed by atoms with Crippen LogP contribution in [-0.4, -0.2) is 50.1 Å². The van der Waals surface area contributed by atoms with Gasteiger partial charge in [0, 0.05) is 31.9 Å². The number of carbonyl (C=O) groups excluding carboxylic acids is 2. The van der Waals surface area contributed by atoms with Crippen molar-refractivity contribution in [3.8, 4) is 0 Å². The van der Waals surface area contributed by atoms with Gasteiger partial charge in [0.15, 0.2) is 0 Å². The number of piperazine rings is 1. The Balaban J connectivity index is 1.94. The fourth-order valence-corrected chi connectivity index (χ4v) is 2.66. The fourth-order valence-electron chi connectivity index (χ4n) is 2.66. The lowest BCUT2D eigenvalue weighted by molar-refractivity contribution is -0.146. The maximum absolute atomic E-state index is 11.9. The van der Waals surface area contributed by atoms with Gasteiger partial charge in [0.05, 0.1) is 7.11 Å². The molecule has 5 heteroatoms. The normalized spacial score (nSPS) is 15.0. The molecule has 0 saturated carbocycles. The number of methoxy groups -OCH3 is 1. The summed E-state index contributed by atoms with van der Waals surface area (Å²) < 4.78 is 4.53. The summed E-state index contributed by atoms with van der Waals surface area (Å²) in [5.74, 6) is -0.626. The van der Waals surface area contributed by atoms with Gasteiger partial charge in [-0.05, 0) is 25.5 Å². The minimum absolute atomic E-state index is 0.151. The summed E-state index contributed by atoms with van der Waals surface area (Å²) in [4.78, 5) is 27.1. The SMILES string of the molecule is COC(=O)CC(=O)N1CCN(c2ccc(C)cc2C)CC1. The molecule has 1 aliphatic rings. The zero-order valence-electron chi connectivity index (χ0n) is 12.9. The Kier molecular flexibility index (Phi) is 4.83. The molecule has 1 amide bonds. The minimum atomic E-state index is -0.475. The Morgan fingerprint density at radius 1 is 1.14 bits per heavy atom. The average Bonchev–Trinajstić information content (AvgIpc) is 2.47. The second kappa shape index (κ2) is 6.61. The van der Waals surface area contributed by atoms with E-state index in [1.165, 1.54) is 23.9 Å². The van der Waals surface area contributed by atoms with Gasteiger partial charge in [0.25, 0.3) is 0 Å². The molecule has 1 aromatic rings. The highest BCUT2D eigenvalue weighted by atomic mass is 16.5. The van der Waals surface area contributed by atoms with E-state index in [4.69, 9.17) is 0 Å². The first kappa shape index (κ1) is 15.4. The standard InChI is InChI=1S/C16H22N2O3/c1-12-4-5-14(13(2)10-12)17-6-8-18(9-7-17)15(19)11-16(20)21-3/h4-5,10H,6-9,11H2,1-3H3. The van der Waals surface area contributed by atoms with Crippen molar-refractivity contribution < 1.29 is 14.3 Å². The van der Waals surface area contributed by atoms with Crippen molar-refractivity contribution in [2.45, 2.75) is 20.3 Å². The molecule has 0 N–H and O–H groups in total. The number of anilines is 1. The first-order chi connectivity index (χ1) is 10.0. The first-order valence-corrected chi connectivity index (χ1v) is 7.18. The number of hydrogen-bond acceptors (Lipinski definition) is 4. The summed E-state index contributed by atoms with van der Waals surface area (Å²) in [5.41, 5.74) is 3.73. The van der Waals surface area contributed by atoms with Crippen LogP contribution in [0.15, 0.2) is 18.2 Å². The van der Waals surface area contributed by atoms with Crippen LogP contribution in [0, 0.1) is 13.8 Å². The molecule has 0 aromatic heterocycles. The van der Waals surface area contributed by atoms with Crippen LogP contribution in [0.25, 0.3) is 0 Å². The van der Waals surface area contributed by atoms with Crippen LogP contribution in [0.3, 0.4) is 0 Å². The number of esters is 1. The summed E-state index contributed by atoms with van der Waals surface area (Å²) in [5, 5.41) is 0.